The minimum absolute atomic E-state index is 0.375. The first-order chi connectivity index (χ1) is 10.2. The predicted molar refractivity (Wildman–Crippen MR) is 86.6 cm³/mol. The van der Waals surface area contributed by atoms with Gasteiger partial charge in [0.25, 0.3) is 0 Å². The molecule has 0 aromatic rings. The summed E-state index contributed by atoms with van der Waals surface area (Å²) in [4.78, 5) is 5.12. The summed E-state index contributed by atoms with van der Waals surface area (Å²) in [6.45, 7) is 10.5. The lowest BCUT2D eigenvalue weighted by molar-refractivity contribution is -0.0474. The van der Waals surface area contributed by atoms with Crippen LogP contribution in [0.25, 0.3) is 0 Å². The fourth-order valence-corrected chi connectivity index (χ4v) is 4.37. The zero-order chi connectivity index (χ0) is 14.7. The molecule has 0 bridgehead atoms. The minimum Gasteiger partial charge on any atom is -0.371 e. The van der Waals surface area contributed by atoms with E-state index < -0.39 is 0 Å². The molecule has 3 aliphatic rings. The van der Waals surface area contributed by atoms with Gasteiger partial charge in [-0.1, -0.05) is 0 Å². The molecule has 0 aliphatic carbocycles. The molecule has 0 aromatic heterocycles. The van der Waals surface area contributed by atoms with Gasteiger partial charge in [-0.15, -0.1) is 0 Å². The average molecular weight is 295 g/mol. The molecule has 0 amide bonds. The van der Waals surface area contributed by atoms with Crippen LogP contribution in [0.1, 0.15) is 32.6 Å². The first-order valence-electron chi connectivity index (χ1n) is 8.98. The molecule has 3 rings (SSSR count). The molecule has 2 atom stereocenters. The van der Waals surface area contributed by atoms with Crippen molar-refractivity contribution >= 4 is 0 Å². The average Bonchev–Trinajstić information content (AvgIpc) is 2.49. The van der Waals surface area contributed by atoms with Gasteiger partial charge in [-0.2, -0.15) is 0 Å². The summed E-state index contributed by atoms with van der Waals surface area (Å²) < 4.78 is 6.03. The van der Waals surface area contributed by atoms with Crippen LogP contribution < -0.4 is 5.32 Å². The van der Waals surface area contributed by atoms with Crippen LogP contribution in [0.15, 0.2) is 0 Å². The molecule has 0 spiro atoms. The summed E-state index contributed by atoms with van der Waals surface area (Å²) in [7, 11) is 2.26. The summed E-state index contributed by atoms with van der Waals surface area (Å²) >= 11 is 0. The van der Waals surface area contributed by atoms with Crippen LogP contribution in [-0.4, -0.2) is 74.9 Å². The van der Waals surface area contributed by atoms with Crippen LogP contribution >= 0.6 is 0 Å². The summed E-state index contributed by atoms with van der Waals surface area (Å²) in [6, 6.07) is 0. The highest BCUT2D eigenvalue weighted by molar-refractivity contribution is 4.83. The Balaban J connectivity index is 1.38. The standard InChI is InChI=1S/C17H33N3O/c1-14-11-18-12-17(21-14)13-20-9-5-16(6-10-20)15-3-7-19(2)8-4-15/h14-18H,3-13H2,1-2H3/t14-,17+/m1/s1. The number of ether oxygens (including phenoxy) is 1. The summed E-state index contributed by atoms with van der Waals surface area (Å²) in [5, 5.41) is 3.48. The topological polar surface area (TPSA) is 27.7 Å². The third-order valence-corrected chi connectivity index (χ3v) is 5.75. The molecule has 3 saturated heterocycles. The molecular weight excluding hydrogens is 262 g/mol. The Morgan fingerprint density at radius 2 is 1.57 bits per heavy atom. The second kappa shape index (κ2) is 7.40. The third kappa shape index (κ3) is 4.41. The second-order valence-electron chi connectivity index (χ2n) is 7.51. The number of nitrogens with zero attached hydrogens (tertiary/aromatic N) is 2. The van der Waals surface area contributed by atoms with Gasteiger partial charge in [-0.05, 0) is 77.7 Å². The zero-order valence-corrected chi connectivity index (χ0v) is 13.9. The van der Waals surface area contributed by atoms with Crippen molar-refractivity contribution in [2.45, 2.75) is 44.8 Å². The highest BCUT2D eigenvalue weighted by Crippen LogP contribution is 2.32. The first-order valence-corrected chi connectivity index (χ1v) is 8.98. The molecule has 3 heterocycles. The molecule has 0 saturated carbocycles. The maximum Gasteiger partial charge on any atom is 0.0830 e. The molecule has 0 radical (unpaired) electrons. The minimum atomic E-state index is 0.375. The number of piperidine rings is 2. The Kier molecular flexibility index (Phi) is 5.54. The molecular formula is C17H33N3O. The van der Waals surface area contributed by atoms with E-state index >= 15 is 0 Å². The second-order valence-corrected chi connectivity index (χ2v) is 7.51. The van der Waals surface area contributed by atoms with Crippen LogP contribution in [0.5, 0.6) is 0 Å². The lowest BCUT2D eigenvalue weighted by atomic mass is 9.79. The number of nitrogens with one attached hydrogen (secondary N) is 1. The molecule has 0 aromatic carbocycles. The molecule has 122 valence electrons. The highest BCUT2D eigenvalue weighted by atomic mass is 16.5. The van der Waals surface area contributed by atoms with Crippen molar-refractivity contribution in [1.82, 2.24) is 15.1 Å². The largest absolute Gasteiger partial charge is 0.371 e. The van der Waals surface area contributed by atoms with Gasteiger partial charge in [0.2, 0.25) is 0 Å². The van der Waals surface area contributed by atoms with E-state index in [-0.39, 0.29) is 0 Å². The quantitative estimate of drug-likeness (QED) is 0.852. The normalized spacial score (nSPS) is 35.1. The van der Waals surface area contributed by atoms with E-state index in [4.69, 9.17) is 4.74 Å². The number of hydrogen-bond donors (Lipinski definition) is 1. The third-order valence-electron chi connectivity index (χ3n) is 5.75. The van der Waals surface area contributed by atoms with E-state index in [0.717, 1.165) is 31.5 Å². The predicted octanol–water partition coefficient (Wildman–Crippen LogP) is 1.42. The van der Waals surface area contributed by atoms with Crippen molar-refractivity contribution in [3.05, 3.63) is 0 Å². The van der Waals surface area contributed by atoms with Crippen LogP contribution in [0.3, 0.4) is 0 Å². The molecule has 0 unspecified atom stereocenters. The van der Waals surface area contributed by atoms with Gasteiger partial charge in [-0.25, -0.2) is 0 Å². The van der Waals surface area contributed by atoms with E-state index in [1.54, 1.807) is 0 Å². The molecule has 21 heavy (non-hydrogen) atoms. The highest BCUT2D eigenvalue weighted by Gasteiger charge is 2.30. The van der Waals surface area contributed by atoms with Gasteiger partial charge >= 0.3 is 0 Å². The maximum atomic E-state index is 6.03. The lowest BCUT2D eigenvalue weighted by Gasteiger charge is -2.41. The van der Waals surface area contributed by atoms with Gasteiger partial charge in [0, 0.05) is 19.6 Å². The smallest absolute Gasteiger partial charge is 0.0830 e. The molecule has 3 aliphatic heterocycles. The lowest BCUT2D eigenvalue weighted by Crippen LogP contribution is -2.50. The summed E-state index contributed by atoms with van der Waals surface area (Å²) in [5.41, 5.74) is 0. The number of hydrogen-bond acceptors (Lipinski definition) is 4. The van der Waals surface area contributed by atoms with Crippen molar-refractivity contribution in [2.75, 3.05) is 52.9 Å². The number of likely N-dealkylation sites (tertiary alicyclic amines) is 2. The van der Waals surface area contributed by atoms with Gasteiger partial charge in [0.05, 0.1) is 12.2 Å². The summed E-state index contributed by atoms with van der Waals surface area (Å²) in [6.07, 6.45) is 6.44. The Morgan fingerprint density at radius 3 is 2.19 bits per heavy atom. The van der Waals surface area contributed by atoms with Crippen molar-refractivity contribution in [1.29, 1.82) is 0 Å². The molecule has 4 nitrogen and oxygen atoms in total. The Morgan fingerprint density at radius 1 is 0.952 bits per heavy atom. The van der Waals surface area contributed by atoms with E-state index in [1.165, 1.54) is 51.9 Å². The van der Waals surface area contributed by atoms with Crippen molar-refractivity contribution in [2.24, 2.45) is 11.8 Å². The fraction of sp³-hybridized carbons (Fsp3) is 1.00. The van der Waals surface area contributed by atoms with Crippen LogP contribution in [0.4, 0.5) is 0 Å². The molecule has 3 fully saturated rings. The van der Waals surface area contributed by atoms with E-state index in [9.17, 15) is 0 Å². The summed E-state index contributed by atoms with van der Waals surface area (Å²) in [5.74, 6) is 1.98. The zero-order valence-electron chi connectivity index (χ0n) is 13.9. The van der Waals surface area contributed by atoms with E-state index in [2.05, 4.69) is 29.1 Å². The van der Waals surface area contributed by atoms with Crippen LogP contribution in [0.2, 0.25) is 0 Å². The van der Waals surface area contributed by atoms with Gasteiger partial charge in [0.15, 0.2) is 0 Å². The van der Waals surface area contributed by atoms with E-state index in [0.29, 0.717) is 12.2 Å². The number of morpholine rings is 1. The fourth-order valence-electron chi connectivity index (χ4n) is 4.37. The number of rotatable bonds is 3. The SMILES string of the molecule is C[C@@H]1CNC[C@@H](CN2CCC(C3CCN(C)CC3)CC2)O1. The van der Waals surface area contributed by atoms with Gasteiger partial charge < -0.3 is 19.9 Å². The van der Waals surface area contributed by atoms with Crippen LogP contribution in [0, 0.1) is 11.8 Å². The monoisotopic (exact) mass is 295 g/mol. The van der Waals surface area contributed by atoms with Crippen molar-refractivity contribution in [3.63, 3.8) is 0 Å². The van der Waals surface area contributed by atoms with E-state index in [1.807, 2.05) is 0 Å². The van der Waals surface area contributed by atoms with Gasteiger partial charge in [-0.3, -0.25) is 0 Å². The Hall–Kier alpha value is -0.160. The van der Waals surface area contributed by atoms with Gasteiger partial charge in [0.1, 0.15) is 0 Å². The van der Waals surface area contributed by atoms with Crippen molar-refractivity contribution < 1.29 is 4.74 Å². The first kappa shape index (κ1) is 15.7. The Labute approximate surface area is 130 Å². The molecule has 1 N–H and O–H groups in total. The van der Waals surface area contributed by atoms with Crippen LogP contribution in [-0.2, 0) is 4.74 Å². The molecule has 4 heteroatoms. The van der Waals surface area contributed by atoms with Crippen molar-refractivity contribution in [3.8, 4) is 0 Å². The Bertz CT molecular complexity index is 309. The maximum absolute atomic E-state index is 6.03.